The van der Waals surface area contributed by atoms with Crippen LogP contribution in [0, 0.1) is 3.57 Å². The molecule has 1 atom stereocenters. The molecular weight excluding hydrogens is 390 g/mol. The van der Waals surface area contributed by atoms with Gasteiger partial charge in [0.1, 0.15) is 0 Å². The molecule has 0 aliphatic rings. The number of nitrogens with one attached hydrogen (secondary N) is 1. The molecule has 0 aromatic heterocycles. The molecule has 2 aromatic rings. The van der Waals surface area contributed by atoms with Crippen LogP contribution >= 0.6 is 22.6 Å². The summed E-state index contributed by atoms with van der Waals surface area (Å²) in [5.41, 5.74) is 1.24. The highest BCUT2D eigenvalue weighted by atomic mass is 127. The SMILES string of the molecule is CCNC(c1ccc(I)cc1)c1ccc(C(F)(F)F)cc1. The zero-order valence-corrected chi connectivity index (χ0v) is 13.6. The first kappa shape index (κ1) is 16.3. The van der Waals surface area contributed by atoms with E-state index in [1.54, 1.807) is 0 Å². The molecule has 0 bridgehead atoms. The van der Waals surface area contributed by atoms with E-state index >= 15 is 0 Å². The lowest BCUT2D eigenvalue weighted by Crippen LogP contribution is -2.22. The molecule has 0 heterocycles. The molecule has 0 radical (unpaired) electrons. The molecule has 0 aliphatic carbocycles. The van der Waals surface area contributed by atoms with Gasteiger partial charge in [-0.05, 0) is 64.5 Å². The zero-order valence-electron chi connectivity index (χ0n) is 11.4. The zero-order chi connectivity index (χ0) is 15.5. The second-order valence-corrected chi connectivity index (χ2v) is 5.91. The molecule has 0 saturated heterocycles. The Morgan fingerprint density at radius 3 is 1.86 bits per heavy atom. The third kappa shape index (κ3) is 4.20. The van der Waals surface area contributed by atoms with Crippen molar-refractivity contribution in [2.75, 3.05) is 6.54 Å². The van der Waals surface area contributed by atoms with E-state index in [9.17, 15) is 13.2 Å². The van der Waals surface area contributed by atoms with Gasteiger partial charge in [0.25, 0.3) is 0 Å². The molecule has 0 saturated carbocycles. The van der Waals surface area contributed by atoms with E-state index in [0.717, 1.165) is 33.4 Å². The minimum atomic E-state index is -4.30. The van der Waals surface area contributed by atoms with E-state index in [2.05, 4.69) is 27.9 Å². The summed E-state index contributed by atoms with van der Waals surface area (Å²) in [4.78, 5) is 0. The minimum absolute atomic E-state index is 0.103. The largest absolute Gasteiger partial charge is 0.416 e. The first-order valence-corrected chi connectivity index (χ1v) is 7.65. The van der Waals surface area contributed by atoms with Crippen LogP contribution in [0.5, 0.6) is 0 Å². The number of rotatable bonds is 4. The first-order valence-electron chi connectivity index (χ1n) is 6.58. The molecule has 2 aromatic carbocycles. The van der Waals surface area contributed by atoms with Crippen molar-refractivity contribution in [3.05, 3.63) is 68.8 Å². The smallest absolute Gasteiger partial charge is 0.307 e. The lowest BCUT2D eigenvalue weighted by atomic mass is 9.97. The summed E-state index contributed by atoms with van der Waals surface area (Å²) in [6, 6.07) is 13.2. The van der Waals surface area contributed by atoms with Crippen LogP contribution in [0.1, 0.15) is 29.7 Å². The summed E-state index contributed by atoms with van der Waals surface area (Å²) in [6.45, 7) is 2.71. The Labute approximate surface area is 135 Å². The second-order valence-electron chi connectivity index (χ2n) is 4.66. The Hall–Kier alpha value is -1.08. The van der Waals surface area contributed by atoms with Gasteiger partial charge in [0.15, 0.2) is 0 Å². The van der Waals surface area contributed by atoms with E-state index in [-0.39, 0.29) is 6.04 Å². The predicted octanol–water partition coefficient (Wildman–Crippen LogP) is 5.01. The lowest BCUT2D eigenvalue weighted by Gasteiger charge is -2.19. The van der Waals surface area contributed by atoms with Crippen LogP contribution in [0.3, 0.4) is 0 Å². The molecule has 21 heavy (non-hydrogen) atoms. The van der Waals surface area contributed by atoms with Crippen molar-refractivity contribution < 1.29 is 13.2 Å². The minimum Gasteiger partial charge on any atom is -0.307 e. The maximum atomic E-state index is 12.6. The third-order valence-electron chi connectivity index (χ3n) is 3.18. The monoisotopic (exact) mass is 405 g/mol. The van der Waals surface area contributed by atoms with Crippen LogP contribution in [-0.4, -0.2) is 6.54 Å². The summed E-state index contributed by atoms with van der Waals surface area (Å²) in [7, 11) is 0. The molecule has 5 heteroatoms. The number of halogens is 4. The normalized spacial score (nSPS) is 13.2. The van der Waals surface area contributed by atoms with Gasteiger partial charge in [-0.1, -0.05) is 31.2 Å². The number of benzene rings is 2. The molecule has 1 N–H and O–H groups in total. The number of hydrogen-bond donors (Lipinski definition) is 1. The fourth-order valence-electron chi connectivity index (χ4n) is 2.15. The summed E-state index contributed by atoms with van der Waals surface area (Å²) in [6.07, 6.45) is -4.30. The first-order chi connectivity index (χ1) is 9.91. The van der Waals surface area contributed by atoms with Gasteiger partial charge < -0.3 is 5.32 Å². The summed E-state index contributed by atoms with van der Waals surface area (Å²) < 4.78 is 39.0. The standard InChI is InChI=1S/C16H15F3IN/c1-2-21-15(12-5-9-14(20)10-6-12)11-3-7-13(8-4-11)16(17,18)19/h3-10,15,21H,2H2,1H3. The van der Waals surface area contributed by atoms with Crippen LogP contribution in [0.2, 0.25) is 0 Å². The molecule has 2 rings (SSSR count). The topological polar surface area (TPSA) is 12.0 Å². The van der Waals surface area contributed by atoms with Crippen molar-refractivity contribution in [3.63, 3.8) is 0 Å². The lowest BCUT2D eigenvalue weighted by molar-refractivity contribution is -0.137. The Morgan fingerprint density at radius 2 is 1.43 bits per heavy atom. The van der Waals surface area contributed by atoms with E-state index < -0.39 is 11.7 Å². The summed E-state index contributed by atoms with van der Waals surface area (Å²) in [5, 5.41) is 3.31. The van der Waals surface area contributed by atoms with Crippen molar-refractivity contribution in [2.45, 2.75) is 19.1 Å². The Kier molecular flexibility index (Phi) is 5.27. The molecule has 112 valence electrons. The Morgan fingerprint density at radius 1 is 0.952 bits per heavy atom. The van der Waals surface area contributed by atoms with E-state index in [1.807, 2.05) is 31.2 Å². The van der Waals surface area contributed by atoms with Gasteiger partial charge in [0.2, 0.25) is 0 Å². The van der Waals surface area contributed by atoms with Crippen LogP contribution < -0.4 is 5.32 Å². The second kappa shape index (κ2) is 6.79. The average Bonchev–Trinajstić information content (AvgIpc) is 2.45. The number of alkyl halides is 3. The molecule has 0 fully saturated rings. The maximum Gasteiger partial charge on any atom is 0.416 e. The molecule has 0 amide bonds. The van der Waals surface area contributed by atoms with E-state index in [0.29, 0.717) is 0 Å². The van der Waals surface area contributed by atoms with Gasteiger partial charge in [-0.15, -0.1) is 0 Å². The molecule has 1 nitrogen and oxygen atoms in total. The van der Waals surface area contributed by atoms with E-state index in [1.165, 1.54) is 12.1 Å². The fourth-order valence-corrected chi connectivity index (χ4v) is 2.51. The Bertz CT molecular complexity index is 576. The van der Waals surface area contributed by atoms with Crippen molar-refractivity contribution >= 4 is 22.6 Å². The van der Waals surface area contributed by atoms with Gasteiger partial charge >= 0.3 is 6.18 Å². The summed E-state index contributed by atoms with van der Waals surface area (Å²) >= 11 is 2.22. The van der Waals surface area contributed by atoms with Crippen molar-refractivity contribution in [3.8, 4) is 0 Å². The van der Waals surface area contributed by atoms with Crippen LogP contribution in [0.15, 0.2) is 48.5 Å². The Balaban J connectivity index is 2.32. The van der Waals surface area contributed by atoms with Crippen LogP contribution in [-0.2, 0) is 6.18 Å². The highest BCUT2D eigenvalue weighted by molar-refractivity contribution is 14.1. The van der Waals surface area contributed by atoms with Crippen LogP contribution in [0.25, 0.3) is 0 Å². The van der Waals surface area contributed by atoms with Crippen molar-refractivity contribution in [1.82, 2.24) is 5.32 Å². The summed E-state index contributed by atoms with van der Waals surface area (Å²) in [5.74, 6) is 0. The van der Waals surface area contributed by atoms with Crippen molar-refractivity contribution in [2.24, 2.45) is 0 Å². The predicted molar refractivity (Wildman–Crippen MR) is 86.1 cm³/mol. The highest BCUT2D eigenvalue weighted by Crippen LogP contribution is 2.31. The van der Waals surface area contributed by atoms with E-state index in [4.69, 9.17) is 0 Å². The van der Waals surface area contributed by atoms with Crippen molar-refractivity contribution in [1.29, 1.82) is 0 Å². The molecule has 1 unspecified atom stereocenters. The molecular formula is C16H15F3IN. The number of hydrogen-bond acceptors (Lipinski definition) is 1. The van der Waals surface area contributed by atoms with Gasteiger partial charge in [0, 0.05) is 3.57 Å². The molecule has 0 spiro atoms. The molecule has 0 aliphatic heterocycles. The van der Waals surface area contributed by atoms with Gasteiger partial charge in [0.05, 0.1) is 11.6 Å². The highest BCUT2D eigenvalue weighted by Gasteiger charge is 2.30. The third-order valence-corrected chi connectivity index (χ3v) is 3.90. The fraction of sp³-hybridized carbons (Fsp3) is 0.250. The van der Waals surface area contributed by atoms with Gasteiger partial charge in [-0.3, -0.25) is 0 Å². The van der Waals surface area contributed by atoms with Gasteiger partial charge in [-0.2, -0.15) is 13.2 Å². The van der Waals surface area contributed by atoms with Crippen LogP contribution in [0.4, 0.5) is 13.2 Å². The van der Waals surface area contributed by atoms with Gasteiger partial charge in [-0.25, -0.2) is 0 Å². The quantitative estimate of drug-likeness (QED) is 0.706. The maximum absolute atomic E-state index is 12.6. The average molecular weight is 405 g/mol.